The molecule has 0 atom stereocenters. The Bertz CT molecular complexity index is 1070. The summed E-state index contributed by atoms with van der Waals surface area (Å²) < 4.78 is 43.4. The zero-order chi connectivity index (χ0) is 19.6. The summed E-state index contributed by atoms with van der Waals surface area (Å²) in [6.45, 7) is 1.35. The number of thioether (sulfide) groups is 1. The molecule has 0 saturated carbocycles. The molecule has 0 fully saturated rings. The number of halogens is 3. The number of hydrogen-bond donors (Lipinski definition) is 1. The highest BCUT2D eigenvalue weighted by atomic mass is 32.2. The first-order valence-electron chi connectivity index (χ1n) is 7.60. The summed E-state index contributed by atoms with van der Waals surface area (Å²) in [5.41, 5.74) is -0.361. The topological polar surface area (TPSA) is 85.1 Å². The van der Waals surface area contributed by atoms with E-state index in [-0.39, 0.29) is 22.4 Å². The molecule has 0 spiro atoms. The first-order valence-corrected chi connectivity index (χ1v) is 8.58. The highest BCUT2D eigenvalue weighted by Crippen LogP contribution is 2.30. The van der Waals surface area contributed by atoms with Gasteiger partial charge in [-0.05, 0) is 23.8 Å². The molecule has 2 heterocycles. The van der Waals surface area contributed by atoms with Gasteiger partial charge in [0.25, 0.3) is 0 Å². The first-order chi connectivity index (χ1) is 12.7. The quantitative estimate of drug-likeness (QED) is 0.410. The number of carbonyl (C=O) groups excluding carboxylic acids is 1. The van der Waals surface area contributed by atoms with Crippen molar-refractivity contribution in [2.45, 2.75) is 24.0 Å². The summed E-state index contributed by atoms with van der Waals surface area (Å²) in [6, 6.07) is 6.86. The van der Waals surface area contributed by atoms with E-state index in [0.29, 0.717) is 16.6 Å². The van der Waals surface area contributed by atoms with Crippen LogP contribution in [-0.4, -0.2) is 15.9 Å². The van der Waals surface area contributed by atoms with Gasteiger partial charge in [0, 0.05) is 42.1 Å². The van der Waals surface area contributed by atoms with Gasteiger partial charge in [-0.2, -0.15) is 13.2 Å². The molecule has 0 aliphatic carbocycles. The van der Waals surface area contributed by atoms with Gasteiger partial charge in [-0.15, -0.1) is 0 Å². The average Bonchev–Trinajstić information content (AvgIpc) is 2.58. The fourth-order valence-electron chi connectivity index (χ4n) is 2.34. The van der Waals surface area contributed by atoms with Gasteiger partial charge in [-0.25, -0.2) is 14.8 Å². The molecule has 3 rings (SSSR count). The second kappa shape index (κ2) is 7.39. The SMILES string of the molecule is CC(=O)Nc1ccc2c(CSc3nccc(C(F)(F)F)n3)cc(=O)oc2c1. The van der Waals surface area contributed by atoms with Crippen molar-refractivity contribution >= 4 is 34.3 Å². The molecule has 10 heteroatoms. The lowest BCUT2D eigenvalue weighted by molar-refractivity contribution is -0.141. The Labute approximate surface area is 154 Å². The van der Waals surface area contributed by atoms with Crippen molar-refractivity contribution in [1.82, 2.24) is 9.97 Å². The number of rotatable bonds is 4. The second-order valence-electron chi connectivity index (χ2n) is 5.49. The van der Waals surface area contributed by atoms with E-state index >= 15 is 0 Å². The van der Waals surface area contributed by atoms with Gasteiger partial charge in [-0.1, -0.05) is 11.8 Å². The molecule has 0 bridgehead atoms. The Hall–Kier alpha value is -2.88. The Kier molecular flexibility index (Phi) is 5.17. The number of benzene rings is 1. The summed E-state index contributed by atoms with van der Waals surface area (Å²) in [4.78, 5) is 30.2. The van der Waals surface area contributed by atoms with Crippen LogP contribution in [0.15, 0.2) is 50.9 Å². The van der Waals surface area contributed by atoms with Gasteiger partial charge >= 0.3 is 11.8 Å². The van der Waals surface area contributed by atoms with Crippen molar-refractivity contribution in [3.63, 3.8) is 0 Å². The summed E-state index contributed by atoms with van der Waals surface area (Å²) >= 11 is 0.970. The zero-order valence-electron chi connectivity index (χ0n) is 13.8. The maximum absolute atomic E-state index is 12.7. The Morgan fingerprint density at radius 3 is 2.74 bits per heavy atom. The van der Waals surface area contributed by atoms with Crippen LogP contribution in [0.3, 0.4) is 0 Å². The predicted octanol–water partition coefficient (Wildman–Crippen LogP) is 3.85. The summed E-state index contributed by atoms with van der Waals surface area (Å²) in [5.74, 6) is -0.104. The van der Waals surface area contributed by atoms with E-state index in [1.54, 1.807) is 12.1 Å². The molecule has 1 N–H and O–H groups in total. The van der Waals surface area contributed by atoms with Crippen molar-refractivity contribution in [3.05, 3.63) is 58.2 Å². The Balaban J connectivity index is 1.89. The number of nitrogens with zero attached hydrogens (tertiary/aromatic N) is 2. The van der Waals surface area contributed by atoms with E-state index in [9.17, 15) is 22.8 Å². The fourth-order valence-corrected chi connectivity index (χ4v) is 3.16. The van der Waals surface area contributed by atoms with Gasteiger partial charge in [0.15, 0.2) is 5.16 Å². The minimum absolute atomic E-state index is 0.0546. The van der Waals surface area contributed by atoms with Crippen LogP contribution in [0.25, 0.3) is 11.0 Å². The Morgan fingerprint density at radius 1 is 1.26 bits per heavy atom. The molecule has 3 aromatic rings. The van der Waals surface area contributed by atoms with E-state index in [1.165, 1.54) is 19.1 Å². The molecular weight excluding hydrogens is 383 g/mol. The number of aromatic nitrogens is 2. The van der Waals surface area contributed by atoms with Crippen molar-refractivity contribution in [3.8, 4) is 0 Å². The first kappa shape index (κ1) is 18.9. The van der Waals surface area contributed by atoms with Crippen molar-refractivity contribution in [2.75, 3.05) is 5.32 Å². The molecule has 0 saturated heterocycles. The third kappa shape index (κ3) is 4.64. The third-order valence-electron chi connectivity index (χ3n) is 3.43. The monoisotopic (exact) mass is 395 g/mol. The molecule has 6 nitrogen and oxygen atoms in total. The van der Waals surface area contributed by atoms with Crippen molar-refractivity contribution < 1.29 is 22.4 Å². The molecular formula is C17H12F3N3O3S. The Morgan fingerprint density at radius 2 is 2.04 bits per heavy atom. The number of hydrogen-bond acceptors (Lipinski definition) is 6. The van der Waals surface area contributed by atoms with E-state index in [0.717, 1.165) is 24.0 Å². The normalized spacial score (nSPS) is 11.6. The van der Waals surface area contributed by atoms with Gasteiger partial charge in [-0.3, -0.25) is 4.79 Å². The predicted molar refractivity (Wildman–Crippen MR) is 93.4 cm³/mol. The largest absolute Gasteiger partial charge is 0.433 e. The fraction of sp³-hybridized carbons (Fsp3) is 0.176. The maximum Gasteiger partial charge on any atom is 0.433 e. The number of anilines is 1. The molecule has 27 heavy (non-hydrogen) atoms. The van der Waals surface area contributed by atoms with Crippen LogP contribution in [0.5, 0.6) is 0 Å². The number of amides is 1. The van der Waals surface area contributed by atoms with E-state index in [4.69, 9.17) is 4.42 Å². The lowest BCUT2D eigenvalue weighted by atomic mass is 10.1. The van der Waals surface area contributed by atoms with Crippen LogP contribution in [0.2, 0.25) is 0 Å². The smallest absolute Gasteiger partial charge is 0.423 e. The number of fused-ring (bicyclic) bond motifs is 1. The van der Waals surface area contributed by atoms with Crippen molar-refractivity contribution in [2.24, 2.45) is 0 Å². The van der Waals surface area contributed by atoms with Crippen LogP contribution in [-0.2, 0) is 16.7 Å². The lowest BCUT2D eigenvalue weighted by Gasteiger charge is -2.08. The maximum atomic E-state index is 12.7. The minimum Gasteiger partial charge on any atom is -0.423 e. The van der Waals surface area contributed by atoms with Crippen LogP contribution >= 0.6 is 11.8 Å². The van der Waals surface area contributed by atoms with Gasteiger partial charge in [0.05, 0.1) is 0 Å². The van der Waals surface area contributed by atoms with Crippen molar-refractivity contribution in [1.29, 1.82) is 0 Å². The number of carbonyl (C=O) groups is 1. The standard InChI is InChI=1S/C17H12F3N3O3S/c1-9(24)22-11-2-3-12-10(6-15(25)26-13(12)7-11)8-27-16-21-5-4-14(23-16)17(18,19)20/h2-7H,8H2,1H3,(H,22,24). The van der Waals surface area contributed by atoms with Crippen LogP contribution in [0.4, 0.5) is 18.9 Å². The average molecular weight is 395 g/mol. The molecule has 0 aliphatic rings. The molecule has 1 aromatic carbocycles. The van der Waals surface area contributed by atoms with Crippen LogP contribution in [0, 0.1) is 0 Å². The molecule has 0 aliphatic heterocycles. The summed E-state index contributed by atoms with van der Waals surface area (Å²) in [5, 5.41) is 3.13. The third-order valence-corrected chi connectivity index (χ3v) is 4.34. The lowest BCUT2D eigenvalue weighted by Crippen LogP contribution is -2.09. The number of alkyl halides is 3. The van der Waals surface area contributed by atoms with Gasteiger partial charge in [0.2, 0.25) is 5.91 Å². The van der Waals surface area contributed by atoms with Crippen LogP contribution < -0.4 is 10.9 Å². The van der Waals surface area contributed by atoms with Gasteiger partial charge < -0.3 is 9.73 Å². The summed E-state index contributed by atoms with van der Waals surface area (Å²) in [7, 11) is 0. The van der Waals surface area contributed by atoms with Crippen LogP contribution in [0.1, 0.15) is 18.2 Å². The molecule has 140 valence electrons. The molecule has 0 radical (unpaired) electrons. The highest BCUT2D eigenvalue weighted by molar-refractivity contribution is 7.98. The van der Waals surface area contributed by atoms with E-state index < -0.39 is 17.5 Å². The zero-order valence-corrected chi connectivity index (χ0v) is 14.6. The number of nitrogens with one attached hydrogen (secondary N) is 1. The second-order valence-corrected chi connectivity index (χ2v) is 6.44. The van der Waals surface area contributed by atoms with Gasteiger partial charge in [0.1, 0.15) is 11.3 Å². The molecule has 1 amide bonds. The summed E-state index contributed by atoms with van der Waals surface area (Å²) in [6.07, 6.45) is -3.52. The van der Waals surface area contributed by atoms with E-state index in [2.05, 4.69) is 15.3 Å². The highest BCUT2D eigenvalue weighted by Gasteiger charge is 2.32. The molecule has 2 aromatic heterocycles. The minimum atomic E-state index is -4.56. The molecule has 0 unspecified atom stereocenters. The van der Waals surface area contributed by atoms with E-state index in [1.807, 2.05) is 0 Å².